The van der Waals surface area contributed by atoms with Crippen LogP contribution in [0.4, 0.5) is 4.39 Å². The highest BCUT2D eigenvalue weighted by Crippen LogP contribution is 2.26. The van der Waals surface area contributed by atoms with Crippen LogP contribution >= 0.6 is 11.6 Å². The molecule has 4 heteroatoms. The van der Waals surface area contributed by atoms with Gasteiger partial charge in [-0.2, -0.15) is 0 Å². The molecule has 0 bridgehead atoms. The van der Waals surface area contributed by atoms with Crippen molar-refractivity contribution < 1.29 is 4.39 Å². The fraction of sp³-hybridized carbons (Fsp3) is 0.267. The van der Waals surface area contributed by atoms with E-state index in [1.165, 1.54) is 12.3 Å². The molecule has 100 valence electrons. The second-order valence-corrected chi connectivity index (χ2v) is 5.17. The predicted molar refractivity (Wildman–Crippen MR) is 76.6 cm³/mol. The molecule has 1 aromatic carbocycles. The molecule has 2 rings (SSSR count). The Kier molecular flexibility index (Phi) is 4.51. The lowest BCUT2D eigenvalue weighted by Gasteiger charge is -2.13. The Morgan fingerprint density at radius 1 is 1.26 bits per heavy atom. The smallest absolute Gasteiger partial charge is 0.142 e. The highest BCUT2D eigenvalue weighted by Gasteiger charge is 2.08. The SMILES string of the molecule is CC(C)NCc1cc(Cl)ccc1-c1cncc(F)c1. The molecule has 0 atom stereocenters. The number of hydrogen-bond donors (Lipinski definition) is 1. The Hall–Kier alpha value is -1.45. The zero-order valence-corrected chi connectivity index (χ0v) is 11.7. The number of nitrogens with one attached hydrogen (secondary N) is 1. The molecule has 0 spiro atoms. The molecule has 0 fully saturated rings. The molecule has 19 heavy (non-hydrogen) atoms. The first-order valence-electron chi connectivity index (χ1n) is 6.19. The molecule has 0 saturated carbocycles. The average Bonchev–Trinajstić information content (AvgIpc) is 2.36. The van der Waals surface area contributed by atoms with Crippen LogP contribution in [-0.2, 0) is 6.54 Å². The summed E-state index contributed by atoms with van der Waals surface area (Å²) in [5.41, 5.74) is 2.75. The van der Waals surface area contributed by atoms with E-state index in [2.05, 4.69) is 24.1 Å². The van der Waals surface area contributed by atoms with Gasteiger partial charge in [-0.15, -0.1) is 0 Å². The zero-order valence-electron chi connectivity index (χ0n) is 11.0. The van der Waals surface area contributed by atoms with Gasteiger partial charge in [0.25, 0.3) is 0 Å². The molecule has 0 aliphatic rings. The van der Waals surface area contributed by atoms with Gasteiger partial charge in [-0.25, -0.2) is 4.39 Å². The molecule has 0 radical (unpaired) electrons. The Balaban J connectivity index is 2.38. The van der Waals surface area contributed by atoms with Crippen molar-refractivity contribution in [3.8, 4) is 11.1 Å². The van der Waals surface area contributed by atoms with Crippen molar-refractivity contribution in [2.45, 2.75) is 26.4 Å². The van der Waals surface area contributed by atoms with Gasteiger partial charge >= 0.3 is 0 Å². The molecular weight excluding hydrogens is 263 g/mol. The van der Waals surface area contributed by atoms with Gasteiger partial charge in [0.15, 0.2) is 0 Å². The maximum atomic E-state index is 13.3. The zero-order chi connectivity index (χ0) is 13.8. The van der Waals surface area contributed by atoms with E-state index < -0.39 is 0 Å². The van der Waals surface area contributed by atoms with E-state index in [1.54, 1.807) is 12.3 Å². The quantitative estimate of drug-likeness (QED) is 0.913. The van der Waals surface area contributed by atoms with Crippen LogP contribution in [0.5, 0.6) is 0 Å². The molecular formula is C15H16ClFN2. The van der Waals surface area contributed by atoms with E-state index in [1.807, 2.05) is 12.1 Å². The third-order valence-electron chi connectivity index (χ3n) is 2.78. The number of nitrogens with zero attached hydrogens (tertiary/aromatic N) is 1. The lowest BCUT2D eigenvalue weighted by molar-refractivity contribution is 0.589. The summed E-state index contributed by atoms with van der Waals surface area (Å²) in [7, 11) is 0. The van der Waals surface area contributed by atoms with Crippen LogP contribution in [0.1, 0.15) is 19.4 Å². The lowest BCUT2D eigenvalue weighted by atomic mass is 10.0. The van der Waals surface area contributed by atoms with Gasteiger partial charge < -0.3 is 5.32 Å². The third kappa shape index (κ3) is 3.75. The summed E-state index contributed by atoms with van der Waals surface area (Å²) in [6, 6.07) is 7.46. The molecule has 0 aliphatic heterocycles. The summed E-state index contributed by atoms with van der Waals surface area (Å²) in [6.07, 6.45) is 2.86. The van der Waals surface area contributed by atoms with Crippen LogP contribution in [0.3, 0.4) is 0 Å². The summed E-state index contributed by atoms with van der Waals surface area (Å²) >= 11 is 6.03. The van der Waals surface area contributed by atoms with E-state index in [0.29, 0.717) is 17.6 Å². The summed E-state index contributed by atoms with van der Waals surface area (Å²) in [5.74, 6) is -0.338. The van der Waals surface area contributed by atoms with E-state index in [0.717, 1.165) is 16.7 Å². The van der Waals surface area contributed by atoms with Crippen molar-refractivity contribution in [1.29, 1.82) is 0 Å². The van der Waals surface area contributed by atoms with Crippen molar-refractivity contribution in [3.63, 3.8) is 0 Å². The molecule has 1 heterocycles. The number of halogens is 2. The van der Waals surface area contributed by atoms with Crippen LogP contribution in [0.25, 0.3) is 11.1 Å². The number of rotatable bonds is 4. The molecule has 1 aromatic heterocycles. The van der Waals surface area contributed by atoms with Gasteiger partial charge in [0.1, 0.15) is 5.82 Å². The third-order valence-corrected chi connectivity index (χ3v) is 3.02. The summed E-state index contributed by atoms with van der Waals surface area (Å²) in [6.45, 7) is 4.84. The fourth-order valence-corrected chi connectivity index (χ4v) is 2.06. The van der Waals surface area contributed by atoms with Crippen molar-refractivity contribution in [2.75, 3.05) is 0 Å². The molecule has 2 nitrogen and oxygen atoms in total. The number of benzene rings is 1. The Labute approximate surface area is 117 Å². The molecule has 0 amide bonds. The minimum absolute atomic E-state index is 0.338. The summed E-state index contributed by atoms with van der Waals surface area (Å²) in [4.78, 5) is 3.89. The van der Waals surface area contributed by atoms with Crippen molar-refractivity contribution in [2.24, 2.45) is 0 Å². The largest absolute Gasteiger partial charge is 0.310 e. The van der Waals surface area contributed by atoms with Crippen molar-refractivity contribution in [3.05, 3.63) is 53.1 Å². The highest BCUT2D eigenvalue weighted by atomic mass is 35.5. The van der Waals surface area contributed by atoms with Gasteiger partial charge in [-0.1, -0.05) is 31.5 Å². The maximum absolute atomic E-state index is 13.3. The minimum Gasteiger partial charge on any atom is -0.310 e. The van der Waals surface area contributed by atoms with Gasteiger partial charge in [0.2, 0.25) is 0 Å². The van der Waals surface area contributed by atoms with E-state index >= 15 is 0 Å². The normalized spacial score (nSPS) is 11.0. The molecule has 1 N–H and O–H groups in total. The van der Waals surface area contributed by atoms with Crippen LogP contribution < -0.4 is 5.32 Å². The second-order valence-electron chi connectivity index (χ2n) is 4.73. The topological polar surface area (TPSA) is 24.9 Å². The average molecular weight is 279 g/mol. The fourth-order valence-electron chi connectivity index (χ4n) is 1.86. The van der Waals surface area contributed by atoms with E-state index in [9.17, 15) is 4.39 Å². The molecule has 0 unspecified atom stereocenters. The molecule has 2 aromatic rings. The standard InChI is InChI=1S/C15H16ClFN2/c1-10(2)19-8-11-5-13(16)3-4-15(11)12-6-14(17)9-18-7-12/h3-7,9-10,19H,8H2,1-2H3. The summed E-state index contributed by atoms with van der Waals surface area (Å²) < 4.78 is 13.3. The maximum Gasteiger partial charge on any atom is 0.142 e. The van der Waals surface area contributed by atoms with Crippen LogP contribution in [0.15, 0.2) is 36.7 Å². The first kappa shape index (κ1) is 14.0. The number of aromatic nitrogens is 1. The van der Waals surface area contributed by atoms with Crippen LogP contribution in [0.2, 0.25) is 5.02 Å². The van der Waals surface area contributed by atoms with E-state index in [4.69, 9.17) is 11.6 Å². The van der Waals surface area contributed by atoms with Gasteiger partial charge in [0, 0.05) is 29.4 Å². The van der Waals surface area contributed by atoms with Gasteiger partial charge in [-0.05, 0) is 29.3 Å². The summed E-state index contributed by atoms with van der Waals surface area (Å²) in [5, 5.41) is 4.02. The lowest BCUT2D eigenvalue weighted by Crippen LogP contribution is -2.22. The predicted octanol–water partition coefficient (Wildman–Crippen LogP) is 4.04. The van der Waals surface area contributed by atoms with Gasteiger partial charge in [0.05, 0.1) is 6.20 Å². The van der Waals surface area contributed by atoms with E-state index in [-0.39, 0.29) is 5.82 Å². The Morgan fingerprint density at radius 2 is 2.05 bits per heavy atom. The highest BCUT2D eigenvalue weighted by molar-refractivity contribution is 6.30. The first-order valence-corrected chi connectivity index (χ1v) is 6.57. The Bertz CT molecular complexity index is 570. The van der Waals surface area contributed by atoms with Crippen molar-refractivity contribution >= 4 is 11.6 Å². The number of pyridine rings is 1. The van der Waals surface area contributed by atoms with Crippen LogP contribution in [0, 0.1) is 5.82 Å². The van der Waals surface area contributed by atoms with Crippen molar-refractivity contribution in [1.82, 2.24) is 10.3 Å². The van der Waals surface area contributed by atoms with Gasteiger partial charge in [-0.3, -0.25) is 4.98 Å². The van der Waals surface area contributed by atoms with Crippen LogP contribution in [-0.4, -0.2) is 11.0 Å². The minimum atomic E-state index is -0.338. The molecule has 0 aliphatic carbocycles. The monoisotopic (exact) mass is 278 g/mol. The Morgan fingerprint density at radius 3 is 2.74 bits per heavy atom. The molecule has 0 saturated heterocycles. The first-order chi connectivity index (χ1) is 9.06. The second kappa shape index (κ2) is 6.13. The number of hydrogen-bond acceptors (Lipinski definition) is 2.